The molecule has 5 rings (SSSR count). The summed E-state index contributed by atoms with van der Waals surface area (Å²) in [4.78, 5) is 27.9. The van der Waals surface area contributed by atoms with Gasteiger partial charge in [-0.25, -0.2) is 0 Å². The monoisotopic (exact) mass is 422 g/mol. The van der Waals surface area contributed by atoms with Gasteiger partial charge < -0.3 is 10.2 Å². The normalized spacial score (nSPS) is 20.0. The Labute approximate surface area is 182 Å². The van der Waals surface area contributed by atoms with Crippen molar-refractivity contribution in [2.75, 3.05) is 11.9 Å². The molecular formula is C25H27ClN2O2. The third-order valence-electron chi connectivity index (χ3n) is 7.00. The number of amides is 2. The molecule has 0 bridgehead atoms. The van der Waals surface area contributed by atoms with Gasteiger partial charge in [0.25, 0.3) is 0 Å². The lowest BCUT2D eigenvalue weighted by Gasteiger charge is -2.30. The zero-order chi connectivity index (χ0) is 20.7. The number of rotatable bonds is 4. The number of hydrogen-bond donors (Lipinski definition) is 1. The van der Waals surface area contributed by atoms with Crippen molar-refractivity contribution in [3.63, 3.8) is 0 Å². The summed E-state index contributed by atoms with van der Waals surface area (Å²) in [5.74, 6) is 0.600. The third-order valence-corrected chi connectivity index (χ3v) is 7.26. The molecule has 2 aromatic rings. The summed E-state index contributed by atoms with van der Waals surface area (Å²) in [7, 11) is 0. The highest BCUT2D eigenvalue weighted by Crippen LogP contribution is 2.42. The maximum atomic E-state index is 13.5. The van der Waals surface area contributed by atoms with E-state index in [2.05, 4.69) is 17.4 Å². The average Bonchev–Trinajstić information content (AvgIpc) is 3.49. The molecule has 2 aromatic carbocycles. The number of carbonyl (C=O) groups excluding carboxylic acids is 2. The predicted octanol–water partition coefficient (Wildman–Crippen LogP) is 5.09. The first-order valence-corrected chi connectivity index (χ1v) is 11.4. The maximum absolute atomic E-state index is 13.5. The van der Waals surface area contributed by atoms with E-state index in [4.69, 9.17) is 11.6 Å². The molecule has 4 nitrogen and oxygen atoms in total. The highest BCUT2D eigenvalue weighted by atomic mass is 35.5. The van der Waals surface area contributed by atoms with Crippen LogP contribution in [-0.4, -0.2) is 23.3 Å². The summed E-state index contributed by atoms with van der Waals surface area (Å²) < 4.78 is 0. The van der Waals surface area contributed by atoms with Gasteiger partial charge in [-0.15, -0.1) is 0 Å². The minimum atomic E-state index is -0.492. The Balaban J connectivity index is 1.36. The smallest absolute Gasteiger partial charge is 0.235 e. The SMILES string of the molecule is O=C(C1CC1)N1CCc2ccc(NC(=O)C3(c4ccc(Cl)cc4)CCCC3)cc2C1. The number of nitrogens with one attached hydrogen (secondary N) is 1. The Bertz CT molecular complexity index is 975. The summed E-state index contributed by atoms with van der Waals surface area (Å²) in [5.41, 5.74) is 3.80. The molecule has 3 aliphatic rings. The first-order valence-electron chi connectivity index (χ1n) is 11.0. The Morgan fingerprint density at radius 2 is 1.73 bits per heavy atom. The molecular weight excluding hydrogens is 396 g/mol. The Kier molecular flexibility index (Phi) is 5.06. The summed E-state index contributed by atoms with van der Waals surface area (Å²) in [5, 5.41) is 3.88. The van der Waals surface area contributed by atoms with E-state index in [-0.39, 0.29) is 11.8 Å². The van der Waals surface area contributed by atoms with Gasteiger partial charge in [0, 0.05) is 29.7 Å². The molecule has 0 atom stereocenters. The number of carbonyl (C=O) groups is 2. The molecule has 30 heavy (non-hydrogen) atoms. The van der Waals surface area contributed by atoms with Crippen molar-refractivity contribution < 1.29 is 9.59 Å². The van der Waals surface area contributed by atoms with Crippen LogP contribution in [0.1, 0.15) is 55.2 Å². The average molecular weight is 423 g/mol. The molecule has 0 aromatic heterocycles. The van der Waals surface area contributed by atoms with Crippen LogP contribution < -0.4 is 5.32 Å². The van der Waals surface area contributed by atoms with Crippen LogP contribution in [0.2, 0.25) is 5.02 Å². The number of fused-ring (bicyclic) bond motifs is 1. The zero-order valence-electron chi connectivity index (χ0n) is 17.1. The van der Waals surface area contributed by atoms with Crippen LogP contribution in [0.15, 0.2) is 42.5 Å². The van der Waals surface area contributed by atoms with Crippen molar-refractivity contribution in [1.29, 1.82) is 0 Å². The van der Waals surface area contributed by atoms with Gasteiger partial charge in [0.15, 0.2) is 0 Å². The van der Waals surface area contributed by atoms with Crippen LogP contribution >= 0.6 is 11.6 Å². The van der Waals surface area contributed by atoms with Gasteiger partial charge >= 0.3 is 0 Å². The number of benzene rings is 2. The van der Waals surface area contributed by atoms with Crippen molar-refractivity contribution >= 4 is 29.1 Å². The highest BCUT2D eigenvalue weighted by molar-refractivity contribution is 6.30. The second-order valence-corrected chi connectivity index (χ2v) is 9.45. The number of halogens is 1. The van der Waals surface area contributed by atoms with Crippen molar-refractivity contribution in [3.8, 4) is 0 Å². The first kappa shape index (κ1) is 19.6. The topological polar surface area (TPSA) is 49.4 Å². The quantitative estimate of drug-likeness (QED) is 0.746. The third kappa shape index (κ3) is 3.62. The molecule has 0 radical (unpaired) electrons. The molecule has 0 saturated heterocycles. The van der Waals surface area contributed by atoms with Crippen molar-refractivity contribution in [3.05, 3.63) is 64.2 Å². The summed E-state index contributed by atoms with van der Waals surface area (Å²) in [6, 6.07) is 13.9. The standard InChI is InChI=1S/C25H27ClN2O2/c26-21-8-6-20(7-9-21)25(12-1-2-13-25)24(30)27-22-10-5-17-11-14-28(16-19(17)15-22)23(29)18-3-4-18/h5-10,15,18H,1-4,11-14,16H2,(H,27,30). The zero-order valence-corrected chi connectivity index (χ0v) is 17.9. The van der Waals surface area contributed by atoms with Crippen LogP contribution in [0, 0.1) is 5.92 Å². The first-order chi connectivity index (χ1) is 14.5. The lowest BCUT2D eigenvalue weighted by Crippen LogP contribution is -2.38. The van der Waals surface area contributed by atoms with Gasteiger partial charge in [-0.1, -0.05) is 42.6 Å². The molecule has 5 heteroatoms. The second kappa shape index (κ2) is 7.73. The van der Waals surface area contributed by atoms with E-state index in [1.165, 1.54) is 5.56 Å². The van der Waals surface area contributed by atoms with Crippen LogP contribution in [0.25, 0.3) is 0 Å². The lowest BCUT2D eigenvalue weighted by atomic mass is 9.78. The van der Waals surface area contributed by atoms with Gasteiger partial charge in [-0.3, -0.25) is 9.59 Å². The number of nitrogens with zero attached hydrogens (tertiary/aromatic N) is 1. The van der Waals surface area contributed by atoms with Gasteiger partial charge in [0.1, 0.15) is 0 Å². The summed E-state index contributed by atoms with van der Waals surface area (Å²) in [6.45, 7) is 1.45. The molecule has 2 fully saturated rings. The van der Waals surface area contributed by atoms with Gasteiger partial charge in [0.2, 0.25) is 11.8 Å². The molecule has 1 aliphatic heterocycles. The number of hydrogen-bond acceptors (Lipinski definition) is 2. The molecule has 1 N–H and O–H groups in total. The van der Waals surface area contributed by atoms with E-state index in [1.807, 2.05) is 35.2 Å². The van der Waals surface area contributed by atoms with Crippen LogP contribution in [0.3, 0.4) is 0 Å². The van der Waals surface area contributed by atoms with Gasteiger partial charge in [-0.2, -0.15) is 0 Å². The fourth-order valence-corrected chi connectivity index (χ4v) is 5.18. The van der Waals surface area contributed by atoms with Crippen molar-refractivity contribution in [1.82, 2.24) is 4.90 Å². The summed E-state index contributed by atoms with van der Waals surface area (Å²) in [6.07, 6.45) is 6.77. The number of anilines is 1. The highest BCUT2D eigenvalue weighted by Gasteiger charge is 2.42. The molecule has 2 aliphatic carbocycles. The van der Waals surface area contributed by atoms with E-state index in [9.17, 15) is 9.59 Å². The largest absolute Gasteiger partial charge is 0.338 e. The van der Waals surface area contributed by atoms with Crippen molar-refractivity contribution in [2.24, 2.45) is 5.92 Å². The molecule has 1 heterocycles. The van der Waals surface area contributed by atoms with E-state index in [0.717, 1.165) is 68.3 Å². The molecule has 156 valence electrons. The second-order valence-electron chi connectivity index (χ2n) is 9.02. The van der Waals surface area contributed by atoms with Crippen LogP contribution in [0.4, 0.5) is 5.69 Å². The Hall–Kier alpha value is -2.33. The molecule has 0 unspecified atom stereocenters. The summed E-state index contributed by atoms with van der Waals surface area (Å²) >= 11 is 6.07. The van der Waals surface area contributed by atoms with E-state index in [0.29, 0.717) is 17.5 Å². The van der Waals surface area contributed by atoms with Gasteiger partial charge in [0.05, 0.1) is 5.41 Å². The van der Waals surface area contributed by atoms with Crippen LogP contribution in [0.5, 0.6) is 0 Å². The van der Waals surface area contributed by atoms with Crippen LogP contribution in [-0.2, 0) is 28.0 Å². The molecule has 2 saturated carbocycles. The van der Waals surface area contributed by atoms with Crippen molar-refractivity contribution in [2.45, 2.75) is 56.9 Å². The maximum Gasteiger partial charge on any atom is 0.235 e. The minimum Gasteiger partial charge on any atom is -0.338 e. The Morgan fingerprint density at radius 3 is 2.43 bits per heavy atom. The minimum absolute atomic E-state index is 0.0593. The van der Waals surface area contributed by atoms with E-state index in [1.54, 1.807) is 0 Å². The molecule has 2 amide bonds. The fraction of sp³-hybridized carbons (Fsp3) is 0.440. The van der Waals surface area contributed by atoms with E-state index < -0.39 is 5.41 Å². The van der Waals surface area contributed by atoms with Gasteiger partial charge in [-0.05, 0) is 73.1 Å². The molecule has 0 spiro atoms. The predicted molar refractivity (Wildman–Crippen MR) is 119 cm³/mol. The van der Waals surface area contributed by atoms with E-state index >= 15 is 0 Å². The fourth-order valence-electron chi connectivity index (χ4n) is 5.06. The Morgan fingerprint density at radius 1 is 1.00 bits per heavy atom. The lowest BCUT2D eigenvalue weighted by molar-refractivity contribution is -0.133.